The third-order valence-electron chi connectivity index (χ3n) is 9.60. The SMILES string of the molecule is C[C@H]1[C@H]2C(C(=O)c3c(ccc(-c4ccc(N(C)C)cc4)c3O)[C@@H]2C)C(=O)[C@]2(O)C(=O)C(C(N)=O)C(=O)[C@@H](N(C)C)[C@H]12. The lowest BCUT2D eigenvalue weighted by Crippen LogP contribution is -2.76. The molecule has 2 aromatic rings. The average molecular weight is 562 g/mol. The van der Waals surface area contributed by atoms with E-state index < -0.39 is 76.2 Å². The van der Waals surface area contributed by atoms with Crippen LogP contribution < -0.4 is 10.6 Å². The fraction of sp³-hybridized carbons (Fsp3) is 0.452. The largest absolute Gasteiger partial charge is 0.507 e. The number of phenols is 1. The number of primary amides is 1. The van der Waals surface area contributed by atoms with Crippen molar-refractivity contribution in [3.8, 4) is 16.9 Å². The summed E-state index contributed by atoms with van der Waals surface area (Å²) in [7, 11) is 6.94. The number of fused-ring (bicyclic) bond motifs is 3. The Hall–Kier alpha value is -3.89. The van der Waals surface area contributed by atoms with Crippen molar-refractivity contribution in [2.75, 3.05) is 33.1 Å². The van der Waals surface area contributed by atoms with Gasteiger partial charge in [0, 0.05) is 31.3 Å². The molecule has 8 atom stereocenters. The van der Waals surface area contributed by atoms with Crippen LogP contribution in [0.2, 0.25) is 0 Å². The molecule has 0 spiro atoms. The second kappa shape index (κ2) is 9.60. The van der Waals surface area contributed by atoms with E-state index in [0.29, 0.717) is 16.7 Å². The number of Topliss-reactive ketones (excluding diaryl/α,β-unsaturated/α-hetero) is 4. The molecule has 2 unspecified atom stereocenters. The van der Waals surface area contributed by atoms with Gasteiger partial charge in [0.05, 0.1) is 17.5 Å². The molecule has 3 aliphatic rings. The molecule has 4 N–H and O–H groups in total. The van der Waals surface area contributed by atoms with Gasteiger partial charge in [-0.3, -0.25) is 28.9 Å². The zero-order valence-electron chi connectivity index (χ0n) is 23.9. The molecular weight excluding hydrogens is 526 g/mol. The number of phenolic OH excluding ortho intramolecular Hbond substituents is 1. The van der Waals surface area contributed by atoms with Crippen LogP contribution in [0.5, 0.6) is 5.75 Å². The Kier molecular flexibility index (Phi) is 6.70. The maximum Gasteiger partial charge on any atom is 0.235 e. The molecule has 216 valence electrons. The predicted molar refractivity (Wildman–Crippen MR) is 150 cm³/mol. The van der Waals surface area contributed by atoms with Crippen molar-refractivity contribution < 1.29 is 34.2 Å². The number of aromatic hydroxyl groups is 1. The minimum absolute atomic E-state index is 0.0227. The van der Waals surface area contributed by atoms with Crippen molar-refractivity contribution in [2.24, 2.45) is 35.3 Å². The second-order valence-electron chi connectivity index (χ2n) is 12.1. The number of nitrogens with two attached hydrogens (primary N) is 1. The number of hydrogen-bond acceptors (Lipinski definition) is 9. The van der Waals surface area contributed by atoms with Gasteiger partial charge in [0.25, 0.3) is 0 Å². The van der Waals surface area contributed by atoms with Gasteiger partial charge in [-0.05, 0) is 55.1 Å². The Balaban J connectivity index is 1.66. The van der Waals surface area contributed by atoms with Crippen molar-refractivity contribution in [3.05, 3.63) is 47.5 Å². The molecule has 2 aromatic carbocycles. The minimum atomic E-state index is -2.77. The van der Waals surface area contributed by atoms with Gasteiger partial charge in [0.2, 0.25) is 5.91 Å². The van der Waals surface area contributed by atoms with Crippen LogP contribution in [0.3, 0.4) is 0 Å². The first-order chi connectivity index (χ1) is 19.2. The maximum absolute atomic E-state index is 14.2. The number of ketones is 4. The predicted octanol–water partition coefficient (Wildman–Crippen LogP) is 1.41. The number of amides is 1. The van der Waals surface area contributed by atoms with E-state index in [1.165, 1.54) is 4.90 Å². The van der Waals surface area contributed by atoms with E-state index >= 15 is 0 Å². The van der Waals surface area contributed by atoms with Gasteiger partial charge in [-0.15, -0.1) is 0 Å². The molecule has 10 nitrogen and oxygen atoms in total. The Bertz CT molecular complexity index is 1500. The van der Waals surface area contributed by atoms with Gasteiger partial charge < -0.3 is 20.8 Å². The number of aliphatic hydroxyl groups is 1. The van der Waals surface area contributed by atoms with Crippen molar-refractivity contribution in [1.29, 1.82) is 0 Å². The molecule has 0 radical (unpaired) electrons. The number of benzene rings is 2. The number of hydrogen-bond donors (Lipinski definition) is 3. The van der Waals surface area contributed by atoms with Gasteiger partial charge in [-0.25, -0.2) is 0 Å². The molecule has 41 heavy (non-hydrogen) atoms. The topological polar surface area (TPSA) is 158 Å². The molecular formula is C31H35N3O7. The van der Waals surface area contributed by atoms with Gasteiger partial charge in [-0.2, -0.15) is 0 Å². The third-order valence-corrected chi connectivity index (χ3v) is 9.60. The van der Waals surface area contributed by atoms with E-state index in [-0.39, 0.29) is 11.3 Å². The number of carbonyl (C=O) groups is 5. The van der Waals surface area contributed by atoms with Crippen molar-refractivity contribution in [3.63, 3.8) is 0 Å². The monoisotopic (exact) mass is 561 g/mol. The van der Waals surface area contributed by atoms with Crippen LogP contribution in [-0.4, -0.2) is 84.0 Å². The summed E-state index contributed by atoms with van der Waals surface area (Å²) in [5.74, 6) is -11.7. The number of nitrogens with zero attached hydrogens (tertiary/aromatic N) is 2. The zero-order chi connectivity index (χ0) is 30.3. The van der Waals surface area contributed by atoms with Gasteiger partial charge >= 0.3 is 0 Å². The fourth-order valence-corrected chi connectivity index (χ4v) is 7.66. The first-order valence-electron chi connectivity index (χ1n) is 13.6. The van der Waals surface area contributed by atoms with E-state index in [4.69, 9.17) is 5.73 Å². The molecule has 1 amide bonds. The number of likely N-dealkylation sites (N-methyl/N-ethyl adjacent to an activating group) is 1. The number of carbonyl (C=O) groups excluding carboxylic acids is 5. The molecule has 3 aliphatic carbocycles. The number of rotatable bonds is 4. The lowest BCUT2D eigenvalue weighted by Gasteiger charge is -2.57. The highest BCUT2D eigenvalue weighted by Crippen LogP contribution is 2.57. The average Bonchev–Trinajstić information content (AvgIpc) is 2.90. The van der Waals surface area contributed by atoms with Crippen LogP contribution in [0.4, 0.5) is 5.69 Å². The highest BCUT2D eigenvalue weighted by atomic mass is 16.3. The smallest absolute Gasteiger partial charge is 0.235 e. The van der Waals surface area contributed by atoms with Crippen LogP contribution in [0.25, 0.3) is 11.1 Å². The van der Waals surface area contributed by atoms with E-state index in [2.05, 4.69) is 0 Å². The Morgan fingerprint density at radius 3 is 2.07 bits per heavy atom. The minimum Gasteiger partial charge on any atom is -0.507 e. The first kappa shape index (κ1) is 28.6. The van der Waals surface area contributed by atoms with Crippen LogP contribution in [-0.2, 0) is 19.2 Å². The molecule has 0 bridgehead atoms. The van der Waals surface area contributed by atoms with Crippen LogP contribution in [0, 0.1) is 29.6 Å². The summed E-state index contributed by atoms with van der Waals surface area (Å²) in [6.07, 6.45) is 0. The number of anilines is 1. The standard InChI is InChI=1S/C31H35N3O7/c1-13-17-11-12-18(15-7-9-16(10-8-15)33(3)4)25(35)20(17)26(36)21-19(13)14(2)23-24(34(5)6)27(37)22(30(32)40)29(39)31(23,41)28(21)38/h7-14,19,21-24,35,41H,1-6H3,(H2,32,40)/t13-,14-,19-,21?,22?,23-,24-,31-/m0/s1. The van der Waals surface area contributed by atoms with E-state index in [1.54, 1.807) is 33.2 Å². The Labute approximate surface area is 238 Å². The summed E-state index contributed by atoms with van der Waals surface area (Å²) >= 11 is 0. The summed E-state index contributed by atoms with van der Waals surface area (Å²) in [5.41, 5.74) is 5.19. The maximum atomic E-state index is 14.2. The molecule has 2 saturated carbocycles. The van der Waals surface area contributed by atoms with Crippen LogP contribution in [0.1, 0.15) is 35.7 Å². The van der Waals surface area contributed by atoms with Gasteiger partial charge in [-0.1, -0.05) is 38.1 Å². The lowest BCUT2D eigenvalue weighted by atomic mass is 9.47. The lowest BCUT2D eigenvalue weighted by molar-refractivity contribution is -0.188. The van der Waals surface area contributed by atoms with E-state index in [0.717, 1.165) is 5.69 Å². The van der Waals surface area contributed by atoms with Crippen molar-refractivity contribution in [2.45, 2.75) is 31.4 Å². The zero-order valence-corrected chi connectivity index (χ0v) is 23.9. The fourth-order valence-electron chi connectivity index (χ4n) is 7.66. The van der Waals surface area contributed by atoms with Gasteiger partial charge in [0.1, 0.15) is 5.75 Å². The first-order valence-corrected chi connectivity index (χ1v) is 13.6. The van der Waals surface area contributed by atoms with Gasteiger partial charge in [0.15, 0.2) is 34.7 Å². The van der Waals surface area contributed by atoms with Crippen molar-refractivity contribution in [1.82, 2.24) is 4.90 Å². The quantitative estimate of drug-likeness (QED) is 0.469. The van der Waals surface area contributed by atoms with Crippen LogP contribution >= 0.6 is 0 Å². The second-order valence-corrected chi connectivity index (χ2v) is 12.1. The summed E-state index contributed by atoms with van der Waals surface area (Å²) in [5, 5.41) is 23.3. The third kappa shape index (κ3) is 3.80. The Morgan fingerprint density at radius 1 is 0.927 bits per heavy atom. The molecule has 0 aliphatic heterocycles. The van der Waals surface area contributed by atoms with E-state index in [1.807, 2.05) is 50.2 Å². The summed E-state index contributed by atoms with van der Waals surface area (Å²) < 4.78 is 0. The molecule has 0 aromatic heterocycles. The van der Waals surface area contributed by atoms with Crippen molar-refractivity contribution >= 4 is 34.7 Å². The van der Waals surface area contributed by atoms with E-state index in [9.17, 15) is 34.2 Å². The Morgan fingerprint density at radius 2 is 1.54 bits per heavy atom. The molecule has 0 saturated heterocycles. The van der Waals surface area contributed by atoms with Crippen LogP contribution in [0.15, 0.2) is 36.4 Å². The summed E-state index contributed by atoms with van der Waals surface area (Å²) in [6, 6.07) is 9.75. The highest BCUT2D eigenvalue weighted by molar-refractivity contribution is 6.32. The molecule has 2 fully saturated rings. The molecule has 10 heteroatoms. The molecule has 0 heterocycles. The summed E-state index contributed by atoms with van der Waals surface area (Å²) in [6.45, 7) is 3.56. The highest BCUT2D eigenvalue weighted by Gasteiger charge is 2.72. The molecule has 5 rings (SSSR count). The normalized spacial score (nSPS) is 32.8. The summed E-state index contributed by atoms with van der Waals surface area (Å²) in [4.78, 5) is 70.9.